The highest BCUT2D eigenvalue weighted by atomic mass is 16.2. The highest BCUT2D eigenvalue weighted by Gasteiger charge is 2.09. The third kappa shape index (κ3) is 3.89. The van der Waals surface area contributed by atoms with Crippen LogP contribution in [0.25, 0.3) is 11.4 Å². The van der Waals surface area contributed by atoms with Crippen molar-refractivity contribution in [3.63, 3.8) is 0 Å². The number of nitrogens with zero attached hydrogens (tertiary/aromatic N) is 4. The van der Waals surface area contributed by atoms with E-state index in [4.69, 9.17) is 6.42 Å². The molecule has 108 valence electrons. The predicted octanol–water partition coefficient (Wildman–Crippen LogP) is 1.21. The number of rotatable bonds is 5. The minimum Gasteiger partial charge on any atom is -0.344 e. The first-order valence-electron chi connectivity index (χ1n) is 6.68. The number of nitrogens with one attached hydrogen (secondary N) is 1. The van der Waals surface area contributed by atoms with Crippen LogP contribution in [-0.2, 0) is 11.3 Å². The van der Waals surface area contributed by atoms with E-state index in [1.807, 2.05) is 24.3 Å². The van der Waals surface area contributed by atoms with Gasteiger partial charge in [-0.2, -0.15) is 4.80 Å². The Morgan fingerprint density at radius 2 is 2.10 bits per heavy atom. The molecule has 0 spiro atoms. The molecule has 2 rings (SSSR count). The Hall–Kier alpha value is -2.68. The summed E-state index contributed by atoms with van der Waals surface area (Å²) in [4.78, 5) is 12.7. The van der Waals surface area contributed by atoms with Gasteiger partial charge in [-0.05, 0) is 16.7 Å². The Labute approximate surface area is 123 Å². The van der Waals surface area contributed by atoms with Gasteiger partial charge in [-0.3, -0.25) is 4.79 Å². The molecule has 0 aliphatic rings. The lowest BCUT2D eigenvalue weighted by Crippen LogP contribution is -2.28. The summed E-state index contributed by atoms with van der Waals surface area (Å²) in [5.74, 6) is 3.06. The Balaban J connectivity index is 2.05. The molecular weight excluding hydrogens is 266 g/mol. The van der Waals surface area contributed by atoms with E-state index in [0.29, 0.717) is 11.7 Å². The molecule has 0 saturated heterocycles. The molecule has 0 atom stereocenters. The van der Waals surface area contributed by atoms with Crippen LogP contribution < -0.4 is 5.32 Å². The fourth-order valence-electron chi connectivity index (χ4n) is 1.78. The lowest BCUT2D eigenvalue weighted by atomic mass is 10.0. The minimum atomic E-state index is -0.243. The van der Waals surface area contributed by atoms with Gasteiger partial charge in [0.2, 0.25) is 11.7 Å². The molecule has 1 amide bonds. The zero-order valence-corrected chi connectivity index (χ0v) is 12.1. The van der Waals surface area contributed by atoms with Gasteiger partial charge in [-0.1, -0.05) is 44.0 Å². The van der Waals surface area contributed by atoms with Gasteiger partial charge in [-0.25, -0.2) is 0 Å². The molecule has 1 aromatic heterocycles. The number of terminal acetylenes is 1. The van der Waals surface area contributed by atoms with Crippen molar-refractivity contribution in [1.82, 2.24) is 25.5 Å². The van der Waals surface area contributed by atoms with E-state index >= 15 is 0 Å². The molecule has 0 bridgehead atoms. The van der Waals surface area contributed by atoms with E-state index in [0.717, 1.165) is 5.56 Å². The second kappa shape index (κ2) is 6.66. The normalized spacial score (nSPS) is 10.4. The molecule has 6 heteroatoms. The molecule has 0 saturated carbocycles. The largest absolute Gasteiger partial charge is 0.344 e. The summed E-state index contributed by atoms with van der Waals surface area (Å²) in [7, 11) is 0. The van der Waals surface area contributed by atoms with Crippen molar-refractivity contribution in [2.45, 2.75) is 26.3 Å². The van der Waals surface area contributed by atoms with Gasteiger partial charge in [0, 0.05) is 5.56 Å². The number of benzene rings is 1. The number of hydrogen-bond acceptors (Lipinski definition) is 4. The molecule has 0 unspecified atom stereocenters. The van der Waals surface area contributed by atoms with Crippen LogP contribution >= 0.6 is 0 Å². The lowest BCUT2D eigenvalue weighted by molar-refractivity contribution is -0.121. The highest BCUT2D eigenvalue weighted by Crippen LogP contribution is 2.19. The van der Waals surface area contributed by atoms with Crippen molar-refractivity contribution in [3.05, 3.63) is 29.8 Å². The highest BCUT2D eigenvalue weighted by molar-refractivity contribution is 5.75. The first-order chi connectivity index (χ1) is 10.1. The molecule has 21 heavy (non-hydrogen) atoms. The number of amides is 1. The van der Waals surface area contributed by atoms with Gasteiger partial charge in [0.1, 0.15) is 6.54 Å². The monoisotopic (exact) mass is 283 g/mol. The van der Waals surface area contributed by atoms with Crippen LogP contribution in [0.1, 0.15) is 25.3 Å². The minimum absolute atomic E-state index is 0.00123. The second-order valence-electron chi connectivity index (χ2n) is 4.90. The Bertz CT molecular complexity index is 651. The quantitative estimate of drug-likeness (QED) is 0.837. The summed E-state index contributed by atoms with van der Waals surface area (Å²) in [6, 6.07) is 7.99. The van der Waals surface area contributed by atoms with Crippen LogP contribution in [0.15, 0.2) is 24.3 Å². The van der Waals surface area contributed by atoms with Crippen LogP contribution in [0.3, 0.4) is 0 Å². The Morgan fingerprint density at radius 3 is 2.71 bits per heavy atom. The maximum atomic E-state index is 11.5. The van der Waals surface area contributed by atoms with E-state index in [2.05, 4.69) is 40.5 Å². The van der Waals surface area contributed by atoms with Crippen LogP contribution in [-0.4, -0.2) is 32.7 Å². The average molecular weight is 283 g/mol. The number of tetrazole rings is 1. The van der Waals surface area contributed by atoms with Crippen LogP contribution in [0.2, 0.25) is 0 Å². The molecule has 0 fully saturated rings. The predicted molar refractivity (Wildman–Crippen MR) is 79.2 cm³/mol. The first kappa shape index (κ1) is 14.7. The number of aromatic nitrogens is 4. The number of carbonyl (C=O) groups is 1. The van der Waals surface area contributed by atoms with E-state index in [9.17, 15) is 4.79 Å². The number of carbonyl (C=O) groups excluding carboxylic acids is 1. The van der Waals surface area contributed by atoms with Gasteiger partial charge >= 0.3 is 0 Å². The summed E-state index contributed by atoms with van der Waals surface area (Å²) in [6.45, 7) is 4.46. The Morgan fingerprint density at radius 1 is 1.38 bits per heavy atom. The first-order valence-corrected chi connectivity index (χ1v) is 6.68. The molecule has 1 N–H and O–H groups in total. The van der Waals surface area contributed by atoms with Gasteiger partial charge in [-0.15, -0.1) is 16.6 Å². The summed E-state index contributed by atoms with van der Waals surface area (Å²) in [6.07, 6.45) is 5.07. The zero-order chi connectivity index (χ0) is 15.2. The third-order valence-electron chi connectivity index (χ3n) is 2.96. The van der Waals surface area contributed by atoms with Gasteiger partial charge in [0.25, 0.3) is 0 Å². The molecule has 2 aromatic rings. The molecule has 6 nitrogen and oxygen atoms in total. The topological polar surface area (TPSA) is 72.7 Å². The van der Waals surface area contributed by atoms with Crippen LogP contribution in [0.4, 0.5) is 0 Å². The van der Waals surface area contributed by atoms with Crippen LogP contribution in [0, 0.1) is 12.3 Å². The third-order valence-corrected chi connectivity index (χ3v) is 2.96. The molecular formula is C15H17N5O. The standard InChI is InChI=1S/C15H17N5O/c1-4-9-16-14(21)10-20-18-15(17-19-20)13-7-5-12(6-8-13)11(2)3/h1,5-8,11H,9-10H2,2-3H3,(H,16,21). The molecule has 0 radical (unpaired) electrons. The van der Waals surface area contributed by atoms with E-state index in [1.54, 1.807) is 0 Å². The maximum absolute atomic E-state index is 11.5. The molecule has 1 heterocycles. The van der Waals surface area contributed by atoms with E-state index in [-0.39, 0.29) is 19.0 Å². The fourth-order valence-corrected chi connectivity index (χ4v) is 1.78. The van der Waals surface area contributed by atoms with Crippen molar-refractivity contribution >= 4 is 5.91 Å². The van der Waals surface area contributed by atoms with E-state index < -0.39 is 0 Å². The second-order valence-corrected chi connectivity index (χ2v) is 4.90. The van der Waals surface area contributed by atoms with Gasteiger partial charge < -0.3 is 5.32 Å². The molecule has 0 aliphatic carbocycles. The zero-order valence-electron chi connectivity index (χ0n) is 12.1. The summed E-state index contributed by atoms with van der Waals surface area (Å²) in [5, 5.41) is 14.5. The van der Waals surface area contributed by atoms with Gasteiger partial charge in [0.15, 0.2) is 0 Å². The summed E-state index contributed by atoms with van der Waals surface area (Å²) < 4.78 is 0. The van der Waals surface area contributed by atoms with Crippen molar-refractivity contribution in [1.29, 1.82) is 0 Å². The van der Waals surface area contributed by atoms with Crippen molar-refractivity contribution in [2.24, 2.45) is 0 Å². The van der Waals surface area contributed by atoms with Crippen molar-refractivity contribution < 1.29 is 4.79 Å². The fraction of sp³-hybridized carbons (Fsp3) is 0.333. The summed E-state index contributed by atoms with van der Waals surface area (Å²) >= 11 is 0. The van der Waals surface area contributed by atoms with Crippen LogP contribution in [0.5, 0.6) is 0 Å². The van der Waals surface area contributed by atoms with Gasteiger partial charge in [0.05, 0.1) is 6.54 Å². The smallest absolute Gasteiger partial charge is 0.244 e. The molecule has 0 aliphatic heterocycles. The van der Waals surface area contributed by atoms with Crippen molar-refractivity contribution in [2.75, 3.05) is 6.54 Å². The van der Waals surface area contributed by atoms with E-state index in [1.165, 1.54) is 10.4 Å². The lowest BCUT2D eigenvalue weighted by Gasteiger charge is -2.04. The Kier molecular flexibility index (Phi) is 4.67. The average Bonchev–Trinajstić information content (AvgIpc) is 2.93. The SMILES string of the molecule is C#CCNC(=O)Cn1nnc(-c2ccc(C(C)C)cc2)n1. The maximum Gasteiger partial charge on any atom is 0.244 e. The van der Waals surface area contributed by atoms with Crippen molar-refractivity contribution in [3.8, 4) is 23.7 Å². The summed E-state index contributed by atoms with van der Waals surface area (Å²) in [5.41, 5.74) is 2.12. The number of hydrogen-bond donors (Lipinski definition) is 1. The molecule has 1 aromatic carbocycles.